The molecule has 0 radical (unpaired) electrons. The summed E-state index contributed by atoms with van der Waals surface area (Å²) in [5, 5.41) is 12.8. The Labute approximate surface area is 188 Å². The van der Waals surface area contributed by atoms with Crippen molar-refractivity contribution in [1.82, 2.24) is 19.9 Å². The number of anilines is 1. The Kier molecular flexibility index (Phi) is 5.26. The third-order valence-electron chi connectivity index (χ3n) is 5.23. The number of hydrogen-bond donors (Lipinski definition) is 2. The van der Waals surface area contributed by atoms with E-state index in [0.717, 1.165) is 27.6 Å². The van der Waals surface area contributed by atoms with Crippen LogP contribution < -0.4 is 10.1 Å². The number of fused-ring (bicyclic) bond motifs is 1. The van der Waals surface area contributed by atoms with Crippen LogP contribution in [0.5, 0.6) is 5.88 Å². The molecule has 4 aromatic rings. The Morgan fingerprint density at radius 2 is 2.03 bits per heavy atom. The Bertz CT molecular complexity index is 1420. The summed E-state index contributed by atoms with van der Waals surface area (Å²) in [7, 11) is 0. The van der Waals surface area contributed by atoms with Crippen molar-refractivity contribution in [3.05, 3.63) is 67.4 Å². The Morgan fingerprint density at radius 3 is 2.79 bits per heavy atom. The number of rotatable bonds is 6. The van der Waals surface area contributed by atoms with Gasteiger partial charge in [0.05, 0.1) is 13.2 Å². The molecule has 0 saturated carbocycles. The molecule has 9 heteroatoms. The highest BCUT2D eigenvalue weighted by Crippen LogP contribution is 2.33. The van der Waals surface area contributed by atoms with Gasteiger partial charge >= 0.3 is 0 Å². The van der Waals surface area contributed by atoms with Crippen molar-refractivity contribution in [2.75, 3.05) is 18.5 Å². The zero-order valence-electron chi connectivity index (χ0n) is 17.4. The van der Waals surface area contributed by atoms with Crippen LogP contribution in [0.4, 0.5) is 5.69 Å². The van der Waals surface area contributed by atoms with Crippen molar-refractivity contribution in [3.63, 3.8) is 0 Å². The average molecular weight is 438 g/mol. The molecule has 1 aliphatic heterocycles. The Balaban J connectivity index is 1.55. The van der Waals surface area contributed by atoms with Crippen molar-refractivity contribution >= 4 is 22.6 Å². The van der Waals surface area contributed by atoms with Crippen LogP contribution in [0.1, 0.15) is 5.69 Å². The topological polar surface area (TPSA) is 126 Å². The minimum Gasteiger partial charge on any atom is -0.468 e. The molecule has 2 N–H and O–H groups in total. The molecule has 1 fully saturated rings. The van der Waals surface area contributed by atoms with Gasteiger partial charge in [-0.2, -0.15) is 5.26 Å². The number of ether oxygens (including phenoxy) is 2. The van der Waals surface area contributed by atoms with Crippen LogP contribution in [0, 0.1) is 11.3 Å². The fraction of sp³-hybridized carbons (Fsp3) is 0.125. The predicted molar refractivity (Wildman–Crippen MR) is 121 cm³/mol. The molecule has 0 bridgehead atoms. The molecule has 1 saturated heterocycles. The molecule has 5 heterocycles. The quantitative estimate of drug-likeness (QED) is 0.442. The van der Waals surface area contributed by atoms with Crippen LogP contribution in [0.15, 0.2) is 61.7 Å². The van der Waals surface area contributed by atoms with Gasteiger partial charge in [0.2, 0.25) is 11.8 Å². The monoisotopic (exact) mass is 438 g/mol. The second-order valence-electron chi connectivity index (χ2n) is 7.41. The summed E-state index contributed by atoms with van der Waals surface area (Å²) in [5.41, 5.74) is 4.80. The van der Waals surface area contributed by atoms with Gasteiger partial charge in [0.15, 0.2) is 0 Å². The number of nitrogens with one attached hydrogen (secondary N) is 2. The van der Waals surface area contributed by atoms with Crippen molar-refractivity contribution in [2.45, 2.75) is 6.10 Å². The molecule has 0 aromatic carbocycles. The first-order valence-electron chi connectivity index (χ1n) is 10.2. The minimum absolute atomic E-state index is 0.0955. The van der Waals surface area contributed by atoms with Gasteiger partial charge in [-0.1, -0.05) is 6.58 Å². The summed E-state index contributed by atoms with van der Waals surface area (Å²) in [4.78, 5) is 28.1. The molecule has 162 valence electrons. The smallest absolute Gasteiger partial charge is 0.247 e. The maximum atomic E-state index is 12.0. The van der Waals surface area contributed by atoms with Crippen LogP contribution >= 0.6 is 0 Å². The van der Waals surface area contributed by atoms with Gasteiger partial charge < -0.3 is 19.8 Å². The molecule has 33 heavy (non-hydrogen) atoms. The number of carbonyl (C=O) groups excluding carboxylic acids is 1. The number of H-pyrrole nitrogens is 1. The maximum absolute atomic E-state index is 12.0. The normalized spacial score (nSPS) is 13.2. The van der Waals surface area contributed by atoms with Crippen LogP contribution in [-0.4, -0.2) is 45.2 Å². The molecular weight excluding hydrogens is 420 g/mol. The SMILES string of the molecule is C=CC(=O)Nc1cc(-c2cnc3[nH]cc(-c4ccnc(C#N)c4)c3c2)cnc1OC1COC1. The lowest BCUT2D eigenvalue weighted by Gasteiger charge is -2.27. The van der Waals surface area contributed by atoms with Gasteiger partial charge in [-0.3, -0.25) is 4.79 Å². The van der Waals surface area contributed by atoms with Gasteiger partial charge in [0.25, 0.3) is 0 Å². The molecule has 0 atom stereocenters. The number of amides is 1. The first-order valence-corrected chi connectivity index (χ1v) is 10.2. The average Bonchev–Trinajstić information content (AvgIpc) is 3.25. The van der Waals surface area contributed by atoms with Gasteiger partial charge in [-0.25, -0.2) is 15.0 Å². The van der Waals surface area contributed by atoms with Crippen LogP contribution in [0.2, 0.25) is 0 Å². The van der Waals surface area contributed by atoms with E-state index >= 15 is 0 Å². The third kappa shape index (κ3) is 4.03. The lowest BCUT2D eigenvalue weighted by molar-refractivity contribution is -0.112. The lowest BCUT2D eigenvalue weighted by atomic mass is 10.0. The van der Waals surface area contributed by atoms with E-state index in [1.54, 1.807) is 30.7 Å². The first kappa shape index (κ1) is 20.4. The molecule has 0 aliphatic carbocycles. The largest absolute Gasteiger partial charge is 0.468 e. The summed E-state index contributed by atoms with van der Waals surface area (Å²) in [6, 6.07) is 9.41. The maximum Gasteiger partial charge on any atom is 0.247 e. The Hall–Kier alpha value is -4.55. The van der Waals surface area contributed by atoms with Crippen molar-refractivity contribution < 1.29 is 14.3 Å². The summed E-state index contributed by atoms with van der Waals surface area (Å²) >= 11 is 0. The lowest BCUT2D eigenvalue weighted by Crippen LogP contribution is -2.39. The molecule has 5 rings (SSSR count). The predicted octanol–water partition coefficient (Wildman–Crippen LogP) is 3.46. The van der Waals surface area contributed by atoms with Crippen molar-refractivity contribution in [2.24, 2.45) is 0 Å². The fourth-order valence-electron chi connectivity index (χ4n) is 3.48. The van der Waals surface area contributed by atoms with Gasteiger partial charge in [-0.05, 0) is 35.9 Å². The number of aromatic nitrogens is 4. The summed E-state index contributed by atoms with van der Waals surface area (Å²) in [6.45, 7) is 4.47. The summed E-state index contributed by atoms with van der Waals surface area (Å²) in [6.07, 6.45) is 7.95. The van der Waals surface area contributed by atoms with E-state index in [0.29, 0.717) is 36.1 Å². The number of pyridine rings is 3. The second kappa shape index (κ2) is 8.53. The molecule has 1 amide bonds. The number of carbonyl (C=O) groups is 1. The third-order valence-corrected chi connectivity index (χ3v) is 5.23. The minimum atomic E-state index is -0.365. The first-order chi connectivity index (χ1) is 16.1. The Morgan fingerprint density at radius 1 is 1.21 bits per heavy atom. The number of hydrogen-bond acceptors (Lipinski definition) is 7. The van der Waals surface area contributed by atoms with Crippen LogP contribution in [0.3, 0.4) is 0 Å². The highest BCUT2D eigenvalue weighted by molar-refractivity contribution is 6.00. The highest BCUT2D eigenvalue weighted by Gasteiger charge is 2.23. The number of aromatic amines is 1. The molecular formula is C24H18N6O3. The van der Waals surface area contributed by atoms with E-state index in [4.69, 9.17) is 9.47 Å². The van der Waals surface area contributed by atoms with Crippen LogP contribution in [-0.2, 0) is 9.53 Å². The van der Waals surface area contributed by atoms with Gasteiger partial charge in [-0.15, -0.1) is 0 Å². The zero-order chi connectivity index (χ0) is 22.8. The highest BCUT2D eigenvalue weighted by atomic mass is 16.6. The van der Waals surface area contributed by atoms with Crippen molar-refractivity contribution in [1.29, 1.82) is 5.26 Å². The van der Waals surface area contributed by atoms with Crippen LogP contribution in [0.25, 0.3) is 33.3 Å². The standard InChI is InChI=1S/C24H18N6O3/c1-2-22(31)30-21-7-16(10-29-24(21)33-18-12-32-13-18)15-6-19-20(11-28-23(19)27-9-15)14-3-4-26-17(5-14)8-25/h2-7,9-11,18H,1,12-13H2,(H,27,28)(H,30,31). The van der Waals surface area contributed by atoms with E-state index in [9.17, 15) is 10.1 Å². The molecule has 4 aromatic heterocycles. The second-order valence-corrected chi connectivity index (χ2v) is 7.41. The summed E-state index contributed by atoms with van der Waals surface area (Å²) < 4.78 is 11.0. The molecule has 9 nitrogen and oxygen atoms in total. The molecule has 0 spiro atoms. The van der Waals surface area contributed by atoms with E-state index in [2.05, 4.69) is 37.9 Å². The summed E-state index contributed by atoms with van der Waals surface area (Å²) in [5.74, 6) is -0.0458. The number of nitrogens with zero attached hydrogens (tertiary/aromatic N) is 4. The number of nitriles is 1. The van der Waals surface area contributed by atoms with E-state index in [1.807, 2.05) is 18.3 Å². The van der Waals surface area contributed by atoms with Gasteiger partial charge in [0.1, 0.15) is 29.2 Å². The van der Waals surface area contributed by atoms with E-state index in [-0.39, 0.29) is 12.0 Å². The fourth-order valence-corrected chi connectivity index (χ4v) is 3.48. The zero-order valence-corrected chi connectivity index (χ0v) is 17.4. The molecule has 1 aliphatic rings. The van der Waals surface area contributed by atoms with Crippen molar-refractivity contribution in [3.8, 4) is 34.2 Å². The molecule has 0 unspecified atom stereocenters. The van der Waals surface area contributed by atoms with E-state index in [1.165, 1.54) is 6.08 Å². The van der Waals surface area contributed by atoms with E-state index < -0.39 is 0 Å². The van der Waals surface area contributed by atoms with Gasteiger partial charge in [0, 0.05) is 46.9 Å².